The van der Waals surface area contributed by atoms with Crippen molar-refractivity contribution in [3.8, 4) is 0 Å². The molecule has 0 radical (unpaired) electrons. The van der Waals surface area contributed by atoms with Crippen LogP contribution in [0.1, 0.15) is 5.56 Å². The number of hydrogen-bond acceptors (Lipinski definition) is 3. The summed E-state index contributed by atoms with van der Waals surface area (Å²) in [5, 5.41) is 14.8. The highest BCUT2D eigenvalue weighted by Gasteiger charge is 2.24. The molecule has 0 saturated carbocycles. The minimum Gasteiger partial charge on any atom is -0.328 e. The Hall–Kier alpha value is -2.35. The van der Waals surface area contributed by atoms with Gasteiger partial charge in [0.1, 0.15) is 6.54 Å². The van der Waals surface area contributed by atoms with Crippen LogP contribution in [0.4, 0.5) is 16.2 Å². The Morgan fingerprint density at radius 1 is 1.19 bits per heavy atom. The predicted molar refractivity (Wildman–Crippen MR) is 105 cm³/mol. The number of rotatable bonds is 4. The normalized spacial score (nSPS) is 14.8. The molecule has 1 heterocycles. The quantitative estimate of drug-likeness (QED) is 0.601. The SMILES string of the molecule is O=C(Nc1cccc([N+](=O)[O-])c1)N1CC[NH+](Cc2ccc(Cl)cc2Cl)CC1. The van der Waals surface area contributed by atoms with Crippen LogP contribution in [-0.4, -0.2) is 42.0 Å². The summed E-state index contributed by atoms with van der Waals surface area (Å²) < 4.78 is 0. The summed E-state index contributed by atoms with van der Waals surface area (Å²) in [6, 6.07) is 11.2. The topological polar surface area (TPSA) is 79.9 Å². The molecular formula is C18H19Cl2N4O3+. The number of carbonyl (C=O) groups excluding carboxylic acids is 1. The van der Waals surface area contributed by atoms with E-state index in [4.69, 9.17) is 23.2 Å². The van der Waals surface area contributed by atoms with Crippen molar-refractivity contribution in [2.75, 3.05) is 31.5 Å². The molecule has 1 aliphatic heterocycles. The second kappa shape index (κ2) is 8.56. The summed E-state index contributed by atoms with van der Waals surface area (Å²) in [7, 11) is 0. The summed E-state index contributed by atoms with van der Waals surface area (Å²) in [5.41, 5.74) is 1.39. The first-order chi connectivity index (χ1) is 12.9. The summed E-state index contributed by atoms with van der Waals surface area (Å²) in [6.07, 6.45) is 0. The highest BCUT2D eigenvalue weighted by molar-refractivity contribution is 6.35. The molecule has 3 rings (SSSR count). The molecule has 0 aromatic heterocycles. The van der Waals surface area contributed by atoms with Crippen molar-refractivity contribution < 1.29 is 14.6 Å². The van der Waals surface area contributed by atoms with Crippen molar-refractivity contribution in [1.82, 2.24) is 4.90 Å². The van der Waals surface area contributed by atoms with Gasteiger partial charge in [-0.15, -0.1) is 0 Å². The molecule has 142 valence electrons. The summed E-state index contributed by atoms with van der Waals surface area (Å²) in [4.78, 5) is 25.8. The molecule has 1 aliphatic rings. The maximum absolute atomic E-state index is 12.4. The monoisotopic (exact) mass is 409 g/mol. The van der Waals surface area contributed by atoms with Crippen molar-refractivity contribution in [3.63, 3.8) is 0 Å². The van der Waals surface area contributed by atoms with Gasteiger partial charge in [0.05, 0.1) is 36.1 Å². The average molecular weight is 410 g/mol. The van der Waals surface area contributed by atoms with Crippen molar-refractivity contribution in [2.45, 2.75) is 6.54 Å². The van der Waals surface area contributed by atoms with Crippen LogP contribution in [-0.2, 0) is 6.54 Å². The number of anilines is 1. The summed E-state index contributed by atoms with van der Waals surface area (Å²) >= 11 is 12.2. The van der Waals surface area contributed by atoms with E-state index < -0.39 is 4.92 Å². The fourth-order valence-corrected chi connectivity index (χ4v) is 3.51. The fourth-order valence-electron chi connectivity index (χ4n) is 3.04. The zero-order chi connectivity index (χ0) is 19.4. The van der Waals surface area contributed by atoms with Gasteiger partial charge in [-0.2, -0.15) is 0 Å². The third-order valence-corrected chi connectivity index (χ3v) is 5.11. The lowest BCUT2D eigenvalue weighted by Gasteiger charge is -2.32. The number of nitro groups is 1. The van der Waals surface area contributed by atoms with Crippen molar-refractivity contribution in [3.05, 3.63) is 68.2 Å². The van der Waals surface area contributed by atoms with E-state index >= 15 is 0 Å². The lowest BCUT2D eigenvalue weighted by Crippen LogP contribution is -3.13. The summed E-state index contributed by atoms with van der Waals surface area (Å²) in [6.45, 7) is 3.56. The van der Waals surface area contributed by atoms with Gasteiger partial charge in [0.2, 0.25) is 0 Å². The van der Waals surface area contributed by atoms with Gasteiger partial charge in [-0.1, -0.05) is 35.3 Å². The molecule has 7 nitrogen and oxygen atoms in total. The number of benzene rings is 2. The van der Waals surface area contributed by atoms with Gasteiger partial charge in [0.15, 0.2) is 0 Å². The zero-order valence-electron chi connectivity index (χ0n) is 14.5. The zero-order valence-corrected chi connectivity index (χ0v) is 16.0. The van der Waals surface area contributed by atoms with Gasteiger partial charge in [-0.25, -0.2) is 4.79 Å². The van der Waals surface area contributed by atoms with Crippen LogP contribution in [0.15, 0.2) is 42.5 Å². The number of urea groups is 1. The molecule has 0 atom stereocenters. The maximum Gasteiger partial charge on any atom is 0.322 e. The number of nitrogens with zero attached hydrogens (tertiary/aromatic N) is 2. The Morgan fingerprint density at radius 3 is 2.59 bits per heavy atom. The molecule has 2 amide bonds. The molecule has 0 unspecified atom stereocenters. The van der Waals surface area contributed by atoms with Crippen LogP contribution in [0.25, 0.3) is 0 Å². The van der Waals surface area contributed by atoms with E-state index in [9.17, 15) is 14.9 Å². The third-order valence-electron chi connectivity index (χ3n) is 4.52. The number of piperazine rings is 1. The number of non-ortho nitro benzene ring substituents is 1. The maximum atomic E-state index is 12.4. The van der Waals surface area contributed by atoms with Gasteiger partial charge in [0.25, 0.3) is 5.69 Å². The predicted octanol–water partition coefficient (Wildman–Crippen LogP) is 2.83. The first kappa shape index (κ1) is 19.4. The molecule has 0 aliphatic carbocycles. The Bertz CT molecular complexity index is 854. The van der Waals surface area contributed by atoms with E-state index in [2.05, 4.69) is 5.32 Å². The Labute approximate surface area is 166 Å². The molecule has 2 aromatic carbocycles. The molecule has 2 aromatic rings. The molecular weight excluding hydrogens is 391 g/mol. The minimum absolute atomic E-state index is 0.0538. The number of carbonyl (C=O) groups is 1. The highest BCUT2D eigenvalue weighted by atomic mass is 35.5. The van der Waals surface area contributed by atoms with Crippen LogP contribution in [0.3, 0.4) is 0 Å². The Kier molecular flexibility index (Phi) is 6.15. The molecule has 1 fully saturated rings. The first-order valence-corrected chi connectivity index (χ1v) is 9.26. The lowest BCUT2D eigenvalue weighted by molar-refractivity contribution is -0.917. The number of halogens is 2. The van der Waals surface area contributed by atoms with Gasteiger partial charge in [0, 0.05) is 28.4 Å². The molecule has 1 saturated heterocycles. The Morgan fingerprint density at radius 2 is 1.93 bits per heavy atom. The lowest BCUT2D eigenvalue weighted by atomic mass is 10.2. The van der Waals surface area contributed by atoms with Crippen LogP contribution in [0.5, 0.6) is 0 Å². The van der Waals surface area contributed by atoms with E-state index in [1.807, 2.05) is 12.1 Å². The average Bonchev–Trinajstić information content (AvgIpc) is 2.65. The van der Waals surface area contributed by atoms with Gasteiger partial charge < -0.3 is 15.1 Å². The summed E-state index contributed by atoms with van der Waals surface area (Å²) in [5.74, 6) is 0. The van der Waals surface area contributed by atoms with E-state index in [1.165, 1.54) is 17.0 Å². The van der Waals surface area contributed by atoms with Crippen molar-refractivity contribution >= 4 is 40.6 Å². The Balaban J connectivity index is 1.53. The number of nitro benzene ring substituents is 1. The first-order valence-electron chi connectivity index (χ1n) is 8.50. The number of nitrogens with one attached hydrogen (secondary N) is 2. The van der Waals surface area contributed by atoms with Crippen LogP contribution in [0.2, 0.25) is 10.0 Å². The van der Waals surface area contributed by atoms with Crippen LogP contribution in [0, 0.1) is 10.1 Å². The van der Waals surface area contributed by atoms with E-state index in [0.29, 0.717) is 28.8 Å². The van der Waals surface area contributed by atoms with E-state index in [0.717, 1.165) is 25.2 Å². The fraction of sp³-hybridized carbons (Fsp3) is 0.278. The van der Waals surface area contributed by atoms with Crippen molar-refractivity contribution in [1.29, 1.82) is 0 Å². The minimum atomic E-state index is -0.486. The molecule has 0 bridgehead atoms. The highest BCUT2D eigenvalue weighted by Crippen LogP contribution is 2.20. The molecule has 9 heteroatoms. The van der Waals surface area contributed by atoms with Gasteiger partial charge >= 0.3 is 6.03 Å². The second-order valence-corrected chi connectivity index (χ2v) is 7.23. The van der Waals surface area contributed by atoms with E-state index in [-0.39, 0.29) is 11.7 Å². The third kappa shape index (κ3) is 5.09. The largest absolute Gasteiger partial charge is 0.328 e. The number of hydrogen-bond donors (Lipinski definition) is 2. The van der Waals surface area contributed by atoms with Crippen molar-refractivity contribution in [2.24, 2.45) is 0 Å². The van der Waals surface area contributed by atoms with E-state index in [1.54, 1.807) is 23.1 Å². The number of amides is 2. The van der Waals surface area contributed by atoms with Gasteiger partial charge in [-0.3, -0.25) is 10.1 Å². The molecule has 27 heavy (non-hydrogen) atoms. The molecule has 2 N–H and O–H groups in total. The van der Waals surface area contributed by atoms with Crippen LogP contribution < -0.4 is 10.2 Å². The van der Waals surface area contributed by atoms with Crippen LogP contribution >= 0.6 is 23.2 Å². The second-order valence-electron chi connectivity index (χ2n) is 6.39. The smallest absolute Gasteiger partial charge is 0.322 e. The molecule has 0 spiro atoms. The number of quaternary nitrogens is 1. The standard InChI is InChI=1S/C18H18Cl2N4O3/c19-14-5-4-13(17(20)10-14)12-22-6-8-23(9-7-22)18(25)21-15-2-1-3-16(11-15)24(26)27/h1-5,10-11H,6-9,12H2,(H,21,25)/p+1. The van der Waals surface area contributed by atoms with Gasteiger partial charge in [-0.05, 0) is 18.2 Å².